The van der Waals surface area contributed by atoms with Crippen molar-refractivity contribution in [3.63, 3.8) is 0 Å². The predicted octanol–water partition coefficient (Wildman–Crippen LogP) is 3.94. The molecule has 1 amide bonds. The van der Waals surface area contributed by atoms with Crippen molar-refractivity contribution in [1.29, 1.82) is 0 Å². The quantitative estimate of drug-likeness (QED) is 0.743. The minimum absolute atomic E-state index is 0.127. The van der Waals surface area contributed by atoms with Crippen molar-refractivity contribution in [1.82, 2.24) is 9.71 Å². The average Bonchev–Trinajstić information content (AvgIpc) is 2.92. The van der Waals surface area contributed by atoms with E-state index < -0.39 is 10.0 Å². The summed E-state index contributed by atoms with van der Waals surface area (Å²) in [6.45, 7) is 5.99. The molecule has 2 atom stereocenters. The van der Waals surface area contributed by atoms with Crippen molar-refractivity contribution in [2.45, 2.75) is 38.3 Å². The summed E-state index contributed by atoms with van der Waals surface area (Å²) in [6, 6.07) is 4.58. The molecule has 0 radical (unpaired) electrons. The third-order valence-corrected chi connectivity index (χ3v) is 6.41. The minimum Gasteiger partial charge on any atom is -0.295 e. The van der Waals surface area contributed by atoms with Crippen LogP contribution in [-0.4, -0.2) is 25.6 Å². The van der Waals surface area contributed by atoms with E-state index in [4.69, 9.17) is 11.6 Å². The van der Waals surface area contributed by atoms with Crippen molar-refractivity contribution in [2.75, 3.05) is 11.2 Å². The molecule has 0 saturated heterocycles. The number of hydrogen-bond acceptors (Lipinski definition) is 4. The van der Waals surface area contributed by atoms with Crippen LogP contribution in [0.15, 0.2) is 42.7 Å². The fourth-order valence-corrected chi connectivity index (χ4v) is 5.31. The first-order valence-electron chi connectivity index (χ1n) is 9.40. The van der Waals surface area contributed by atoms with Gasteiger partial charge in [0.1, 0.15) is 0 Å². The summed E-state index contributed by atoms with van der Waals surface area (Å²) in [7, 11) is -3.37. The van der Waals surface area contributed by atoms with Crippen molar-refractivity contribution in [2.24, 2.45) is 0 Å². The van der Waals surface area contributed by atoms with Crippen LogP contribution in [0.5, 0.6) is 0 Å². The van der Waals surface area contributed by atoms with E-state index in [-0.39, 0.29) is 18.0 Å². The zero-order valence-corrected chi connectivity index (χ0v) is 17.8. The normalized spacial score (nSPS) is 21.1. The van der Waals surface area contributed by atoms with Gasteiger partial charge < -0.3 is 0 Å². The maximum absolute atomic E-state index is 13.3. The standard InChI is InChI=1S/C21H22ClN3O3S/c1-12(2)20-16-9-13(22)7-8-15(16)21(26)25(20)19-11-23-10-17-14(19)5-4-6-18(17)24-29(3,27)28/h7-11,18,20,24H,1,4-6H2,2-3H3/t18-,20+/m1/s1. The van der Waals surface area contributed by atoms with Gasteiger partial charge in [-0.05, 0) is 61.1 Å². The SMILES string of the molecule is C=C(C)[C@H]1c2cc(Cl)ccc2C(=O)N1c1cncc2c1CCC[C@H]2NS(C)(=O)=O. The second kappa shape index (κ2) is 7.23. The van der Waals surface area contributed by atoms with Gasteiger partial charge in [0, 0.05) is 22.8 Å². The average molecular weight is 432 g/mol. The summed E-state index contributed by atoms with van der Waals surface area (Å²) in [4.78, 5) is 19.4. The Labute approximate surface area is 175 Å². The first kappa shape index (κ1) is 20.1. The highest BCUT2D eigenvalue weighted by Crippen LogP contribution is 2.45. The van der Waals surface area contributed by atoms with E-state index >= 15 is 0 Å². The number of nitrogens with one attached hydrogen (secondary N) is 1. The number of carbonyl (C=O) groups is 1. The van der Waals surface area contributed by atoms with Gasteiger partial charge in [-0.25, -0.2) is 13.1 Å². The molecule has 0 spiro atoms. The van der Waals surface area contributed by atoms with E-state index in [1.807, 2.05) is 13.0 Å². The maximum atomic E-state index is 13.3. The Morgan fingerprint density at radius 3 is 2.76 bits per heavy atom. The number of amides is 1. The lowest BCUT2D eigenvalue weighted by Crippen LogP contribution is -2.33. The Balaban J connectivity index is 1.84. The highest BCUT2D eigenvalue weighted by Gasteiger charge is 2.40. The number of sulfonamides is 1. The van der Waals surface area contributed by atoms with Gasteiger partial charge in [-0.15, -0.1) is 0 Å². The number of aromatic nitrogens is 1. The molecule has 1 aromatic carbocycles. The number of rotatable bonds is 4. The second-order valence-corrected chi connectivity index (χ2v) is 9.93. The molecule has 1 aliphatic carbocycles. The van der Waals surface area contributed by atoms with Crippen molar-refractivity contribution >= 4 is 33.2 Å². The highest BCUT2D eigenvalue weighted by molar-refractivity contribution is 7.88. The number of anilines is 1. The van der Waals surface area contributed by atoms with Gasteiger partial charge in [-0.1, -0.05) is 23.8 Å². The molecular weight excluding hydrogens is 410 g/mol. The molecule has 0 saturated carbocycles. The predicted molar refractivity (Wildman–Crippen MR) is 114 cm³/mol. The van der Waals surface area contributed by atoms with Crippen LogP contribution < -0.4 is 9.62 Å². The smallest absolute Gasteiger partial charge is 0.259 e. The Kier molecular flexibility index (Phi) is 5.01. The van der Waals surface area contributed by atoms with Crippen LogP contribution in [0.25, 0.3) is 0 Å². The molecular formula is C21H22ClN3O3S. The Morgan fingerprint density at radius 2 is 2.07 bits per heavy atom. The Hall–Kier alpha value is -2.22. The fraction of sp³-hybridized carbons (Fsp3) is 0.333. The number of carbonyl (C=O) groups excluding carboxylic acids is 1. The van der Waals surface area contributed by atoms with E-state index in [2.05, 4.69) is 16.3 Å². The summed E-state index contributed by atoms with van der Waals surface area (Å²) in [5.41, 5.74) is 4.72. The van der Waals surface area contributed by atoms with E-state index in [1.54, 1.807) is 29.4 Å². The maximum Gasteiger partial charge on any atom is 0.259 e. The topological polar surface area (TPSA) is 79.4 Å². The zero-order chi connectivity index (χ0) is 20.9. The molecule has 1 aromatic heterocycles. The lowest BCUT2D eigenvalue weighted by molar-refractivity contribution is 0.0993. The number of fused-ring (bicyclic) bond motifs is 2. The molecule has 2 aliphatic rings. The summed E-state index contributed by atoms with van der Waals surface area (Å²) in [5.74, 6) is -0.127. The molecule has 0 fully saturated rings. The molecule has 152 valence electrons. The van der Waals surface area contributed by atoms with Gasteiger partial charge in [0.15, 0.2) is 0 Å². The molecule has 6 nitrogen and oxygen atoms in total. The Bertz CT molecular complexity index is 1130. The third kappa shape index (κ3) is 3.58. The van der Waals surface area contributed by atoms with Crippen LogP contribution in [0.1, 0.15) is 58.9 Å². The van der Waals surface area contributed by atoms with E-state index in [1.165, 1.54) is 0 Å². The largest absolute Gasteiger partial charge is 0.295 e. The lowest BCUT2D eigenvalue weighted by Gasteiger charge is -2.32. The van der Waals surface area contributed by atoms with E-state index in [0.717, 1.165) is 41.4 Å². The monoisotopic (exact) mass is 431 g/mol. The Morgan fingerprint density at radius 1 is 1.31 bits per heavy atom. The van der Waals surface area contributed by atoms with Gasteiger partial charge in [0.2, 0.25) is 10.0 Å². The van der Waals surface area contributed by atoms with Crippen LogP contribution in [0.4, 0.5) is 5.69 Å². The lowest BCUT2D eigenvalue weighted by atomic mass is 9.88. The molecule has 4 rings (SSSR count). The summed E-state index contributed by atoms with van der Waals surface area (Å²) in [6.07, 6.45) is 6.79. The number of hydrogen-bond donors (Lipinski definition) is 1. The van der Waals surface area contributed by atoms with E-state index in [9.17, 15) is 13.2 Å². The molecule has 2 heterocycles. The molecule has 1 aliphatic heterocycles. The van der Waals surface area contributed by atoms with Crippen LogP contribution >= 0.6 is 11.6 Å². The van der Waals surface area contributed by atoms with E-state index in [0.29, 0.717) is 22.7 Å². The summed E-state index contributed by atoms with van der Waals surface area (Å²) in [5, 5.41) is 0.565. The van der Waals surface area contributed by atoms with Crippen molar-refractivity contribution < 1.29 is 13.2 Å². The van der Waals surface area contributed by atoms with Crippen LogP contribution in [0.2, 0.25) is 5.02 Å². The summed E-state index contributed by atoms with van der Waals surface area (Å²) < 4.78 is 26.3. The molecule has 29 heavy (non-hydrogen) atoms. The van der Waals surface area contributed by atoms with Gasteiger partial charge in [0.05, 0.1) is 24.2 Å². The number of benzene rings is 1. The number of nitrogens with zero attached hydrogens (tertiary/aromatic N) is 2. The number of pyridine rings is 1. The molecule has 1 N–H and O–H groups in total. The van der Waals surface area contributed by atoms with Crippen molar-refractivity contribution in [3.05, 3.63) is 70.0 Å². The number of halogens is 1. The fourth-order valence-electron chi connectivity index (χ4n) is 4.37. The van der Waals surface area contributed by atoms with Gasteiger partial charge in [-0.2, -0.15) is 0 Å². The van der Waals surface area contributed by atoms with Crippen LogP contribution in [-0.2, 0) is 16.4 Å². The minimum atomic E-state index is -3.37. The molecule has 8 heteroatoms. The van der Waals surface area contributed by atoms with Gasteiger partial charge in [0.25, 0.3) is 5.91 Å². The van der Waals surface area contributed by atoms with Crippen LogP contribution in [0.3, 0.4) is 0 Å². The van der Waals surface area contributed by atoms with Gasteiger partial charge in [-0.3, -0.25) is 14.7 Å². The summed E-state index contributed by atoms with van der Waals surface area (Å²) >= 11 is 6.19. The van der Waals surface area contributed by atoms with Crippen molar-refractivity contribution in [3.8, 4) is 0 Å². The molecule has 0 unspecified atom stereocenters. The third-order valence-electron chi connectivity index (χ3n) is 5.46. The first-order valence-corrected chi connectivity index (χ1v) is 11.7. The second-order valence-electron chi connectivity index (χ2n) is 7.72. The van der Waals surface area contributed by atoms with Gasteiger partial charge >= 0.3 is 0 Å². The highest BCUT2D eigenvalue weighted by atomic mass is 35.5. The zero-order valence-electron chi connectivity index (χ0n) is 16.3. The van der Waals surface area contributed by atoms with Crippen LogP contribution in [0, 0.1) is 0 Å². The molecule has 0 bridgehead atoms. The first-order chi connectivity index (χ1) is 13.7. The molecule has 2 aromatic rings.